The Kier molecular flexibility index (Phi) is 4.57. The van der Waals surface area contributed by atoms with Crippen LogP contribution in [0, 0.1) is 5.82 Å². The minimum atomic E-state index is -1.80. The molecule has 1 aromatic carbocycles. The molecule has 3 rings (SSSR count). The first-order valence-corrected chi connectivity index (χ1v) is 8.00. The van der Waals surface area contributed by atoms with E-state index < -0.39 is 18.6 Å². The van der Waals surface area contributed by atoms with Crippen molar-refractivity contribution in [2.24, 2.45) is 0 Å². The minimum absolute atomic E-state index is 0.356. The van der Waals surface area contributed by atoms with Crippen molar-refractivity contribution in [1.29, 1.82) is 0 Å². The van der Waals surface area contributed by atoms with Crippen LogP contribution in [0.2, 0.25) is 5.31 Å². The fraction of sp³-hybridized carbons (Fsp3) is 0.263. The van der Waals surface area contributed by atoms with Crippen LogP contribution in [-0.2, 0) is 0 Å². The fourth-order valence-electron chi connectivity index (χ4n) is 2.92. The molecule has 0 radical (unpaired) electrons. The van der Waals surface area contributed by atoms with Crippen LogP contribution in [0.1, 0.15) is 30.9 Å². The zero-order valence-electron chi connectivity index (χ0n) is 13.4. The molecule has 2 unspecified atom stereocenters. The standard InChI is InChI=1S/C19H19BF2O2/c1-19(20(23)24)10-9-15(12-18(19)22)14-7-8-16(17(21)11-14)13-5-3-2-4-6-13/h3,5-12,18,23-24H,2,4H2,1H3. The Morgan fingerprint density at radius 2 is 1.96 bits per heavy atom. The van der Waals surface area contributed by atoms with Gasteiger partial charge in [-0.15, -0.1) is 0 Å². The van der Waals surface area contributed by atoms with Crippen LogP contribution >= 0.6 is 0 Å². The molecule has 2 nitrogen and oxygen atoms in total. The third-order valence-electron chi connectivity index (χ3n) is 4.71. The summed E-state index contributed by atoms with van der Waals surface area (Å²) in [4.78, 5) is 0. The van der Waals surface area contributed by atoms with Crippen molar-refractivity contribution < 1.29 is 18.8 Å². The lowest BCUT2D eigenvalue weighted by Gasteiger charge is -2.30. The number of allylic oxidation sites excluding steroid dienone is 8. The summed E-state index contributed by atoms with van der Waals surface area (Å²) in [6, 6.07) is 4.84. The molecule has 2 aliphatic rings. The molecule has 2 atom stereocenters. The van der Waals surface area contributed by atoms with Crippen LogP contribution in [0.5, 0.6) is 0 Å². The van der Waals surface area contributed by atoms with E-state index >= 15 is 0 Å². The number of hydrogen-bond donors (Lipinski definition) is 2. The van der Waals surface area contributed by atoms with E-state index in [9.17, 15) is 18.8 Å². The van der Waals surface area contributed by atoms with Gasteiger partial charge in [0.15, 0.2) is 0 Å². The van der Waals surface area contributed by atoms with E-state index in [4.69, 9.17) is 0 Å². The Bertz CT molecular complexity index is 765. The van der Waals surface area contributed by atoms with Crippen molar-refractivity contribution in [3.63, 3.8) is 0 Å². The average molecular weight is 328 g/mol. The molecule has 0 amide bonds. The van der Waals surface area contributed by atoms with E-state index in [0.717, 1.165) is 18.4 Å². The quantitative estimate of drug-likeness (QED) is 0.821. The summed E-state index contributed by atoms with van der Waals surface area (Å²) in [5.74, 6) is -0.356. The van der Waals surface area contributed by atoms with Gasteiger partial charge in [-0.3, -0.25) is 0 Å². The van der Waals surface area contributed by atoms with E-state index in [1.807, 2.05) is 18.2 Å². The van der Waals surface area contributed by atoms with Crippen LogP contribution in [0.3, 0.4) is 0 Å². The third-order valence-corrected chi connectivity index (χ3v) is 4.71. The molecule has 0 aromatic heterocycles. The Morgan fingerprint density at radius 3 is 2.54 bits per heavy atom. The molecule has 2 N–H and O–H groups in total. The predicted octanol–water partition coefficient (Wildman–Crippen LogP) is 4.08. The topological polar surface area (TPSA) is 40.5 Å². The van der Waals surface area contributed by atoms with Crippen molar-refractivity contribution in [3.05, 3.63) is 71.6 Å². The molecule has 0 bridgehead atoms. The highest BCUT2D eigenvalue weighted by Gasteiger charge is 2.43. The molecule has 0 heterocycles. The molecule has 2 aliphatic carbocycles. The summed E-state index contributed by atoms with van der Waals surface area (Å²) in [7, 11) is -1.80. The maximum atomic E-state index is 14.5. The molecular weight excluding hydrogens is 309 g/mol. The van der Waals surface area contributed by atoms with Gasteiger partial charge in [-0.2, -0.15) is 0 Å². The molecule has 0 spiro atoms. The smallest absolute Gasteiger partial charge is 0.426 e. The van der Waals surface area contributed by atoms with Gasteiger partial charge in [-0.05, 0) is 41.7 Å². The van der Waals surface area contributed by atoms with Gasteiger partial charge in [0.1, 0.15) is 12.0 Å². The SMILES string of the molecule is CC1(B(O)O)C=CC(c2ccc(C3=CCCC=C3)c(F)c2)=CC1F. The monoisotopic (exact) mass is 328 g/mol. The largest absolute Gasteiger partial charge is 0.465 e. The third kappa shape index (κ3) is 3.02. The summed E-state index contributed by atoms with van der Waals surface area (Å²) < 4.78 is 28.8. The molecule has 124 valence electrons. The normalized spacial score (nSPS) is 26.1. The molecular formula is C19H19BF2O2. The molecule has 0 aliphatic heterocycles. The fourth-order valence-corrected chi connectivity index (χ4v) is 2.92. The van der Waals surface area contributed by atoms with Gasteiger partial charge in [-0.1, -0.05) is 49.4 Å². The number of rotatable bonds is 3. The number of benzene rings is 1. The van der Waals surface area contributed by atoms with Crippen LogP contribution < -0.4 is 0 Å². The first-order chi connectivity index (χ1) is 11.4. The first kappa shape index (κ1) is 16.9. The van der Waals surface area contributed by atoms with Crippen LogP contribution in [0.25, 0.3) is 11.1 Å². The Morgan fingerprint density at radius 1 is 1.17 bits per heavy atom. The van der Waals surface area contributed by atoms with Crippen molar-refractivity contribution in [2.75, 3.05) is 0 Å². The number of halogens is 2. The second-order valence-corrected chi connectivity index (χ2v) is 6.43. The van der Waals surface area contributed by atoms with Crippen molar-refractivity contribution >= 4 is 18.3 Å². The molecule has 0 fully saturated rings. The van der Waals surface area contributed by atoms with Crippen LogP contribution in [-0.4, -0.2) is 23.3 Å². The van der Waals surface area contributed by atoms with E-state index in [1.165, 1.54) is 25.1 Å². The predicted molar refractivity (Wildman–Crippen MR) is 93.3 cm³/mol. The summed E-state index contributed by atoms with van der Waals surface area (Å²) in [5.41, 5.74) is 2.48. The second-order valence-electron chi connectivity index (χ2n) is 6.43. The van der Waals surface area contributed by atoms with Gasteiger partial charge in [0.2, 0.25) is 0 Å². The van der Waals surface area contributed by atoms with E-state index in [0.29, 0.717) is 16.7 Å². The van der Waals surface area contributed by atoms with E-state index in [1.54, 1.807) is 18.2 Å². The molecule has 5 heteroatoms. The number of alkyl halides is 1. The van der Waals surface area contributed by atoms with Crippen molar-refractivity contribution in [1.82, 2.24) is 0 Å². The lowest BCUT2D eigenvalue weighted by atomic mass is 9.55. The highest BCUT2D eigenvalue weighted by atomic mass is 19.1. The Labute approximate surface area is 140 Å². The first-order valence-electron chi connectivity index (χ1n) is 8.00. The minimum Gasteiger partial charge on any atom is -0.426 e. The average Bonchev–Trinajstić information content (AvgIpc) is 2.58. The van der Waals surface area contributed by atoms with Gasteiger partial charge in [0.05, 0.1) is 5.31 Å². The Balaban J connectivity index is 1.89. The number of hydrogen-bond acceptors (Lipinski definition) is 2. The van der Waals surface area contributed by atoms with Crippen LogP contribution in [0.4, 0.5) is 8.78 Å². The van der Waals surface area contributed by atoms with Gasteiger partial charge >= 0.3 is 7.12 Å². The zero-order chi connectivity index (χ0) is 17.3. The lowest BCUT2D eigenvalue weighted by molar-refractivity contribution is 0.279. The van der Waals surface area contributed by atoms with Gasteiger partial charge in [0, 0.05) is 5.56 Å². The maximum absolute atomic E-state index is 14.5. The molecule has 0 saturated carbocycles. The van der Waals surface area contributed by atoms with Gasteiger partial charge < -0.3 is 10.0 Å². The maximum Gasteiger partial charge on any atom is 0.465 e. The highest BCUT2D eigenvalue weighted by Crippen LogP contribution is 2.42. The highest BCUT2D eigenvalue weighted by molar-refractivity contribution is 6.46. The Hall–Kier alpha value is -1.98. The lowest BCUT2D eigenvalue weighted by Crippen LogP contribution is -2.37. The zero-order valence-corrected chi connectivity index (χ0v) is 13.4. The molecule has 1 aromatic rings. The van der Waals surface area contributed by atoms with Gasteiger partial charge in [-0.25, -0.2) is 8.78 Å². The summed E-state index contributed by atoms with van der Waals surface area (Å²) >= 11 is 0. The van der Waals surface area contributed by atoms with Crippen molar-refractivity contribution in [3.8, 4) is 0 Å². The summed E-state index contributed by atoms with van der Waals surface area (Å²) in [6.45, 7) is 1.43. The summed E-state index contributed by atoms with van der Waals surface area (Å²) in [6.07, 6.45) is 10.6. The van der Waals surface area contributed by atoms with Gasteiger partial charge in [0.25, 0.3) is 0 Å². The molecule has 24 heavy (non-hydrogen) atoms. The van der Waals surface area contributed by atoms with E-state index in [-0.39, 0.29) is 5.82 Å². The molecule has 0 saturated heterocycles. The summed E-state index contributed by atoms with van der Waals surface area (Å²) in [5, 5.41) is 17.3. The van der Waals surface area contributed by atoms with Crippen LogP contribution in [0.15, 0.2) is 54.7 Å². The second kappa shape index (κ2) is 6.50. The van der Waals surface area contributed by atoms with E-state index in [2.05, 4.69) is 0 Å². The van der Waals surface area contributed by atoms with Crippen molar-refractivity contribution in [2.45, 2.75) is 31.3 Å².